The zero-order valence-electron chi connectivity index (χ0n) is 11.0. The second kappa shape index (κ2) is 4.99. The van der Waals surface area contributed by atoms with Gasteiger partial charge in [-0.1, -0.05) is 6.92 Å². The second-order valence-electron chi connectivity index (χ2n) is 5.02. The standard InChI is InChI=1S/C11H20N4O2S/c1-8-4-9(2)15(7-8)18(16,17)11-10(5-12-3)6-13-14-11/h6,8-9,12H,4-5,7H2,1-3H3,(H,13,14). The molecule has 0 aromatic carbocycles. The van der Waals surface area contributed by atoms with Gasteiger partial charge < -0.3 is 5.32 Å². The van der Waals surface area contributed by atoms with E-state index >= 15 is 0 Å². The lowest BCUT2D eigenvalue weighted by Crippen LogP contribution is -2.35. The molecule has 2 N–H and O–H groups in total. The molecule has 102 valence electrons. The third-order valence-electron chi connectivity index (χ3n) is 3.34. The van der Waals surface area contributed by atoms with Crippen molar-refractivity contribution < 1.29 is 8.42 Å². The summed E-state index contributed by atoms with van der Waals surface area (Å²) >= 11 is 0. The minimum absolute atomic E-state index is 0.0516. The first-order valence-corrected chi connectivity index (χ1v) is 7.59. The molecule has 6 nitrogen and oxygen atoms in total. The molecular weight excluding hydrogens is 252 g/mol. The van der Waals surface area contributed by atoms with E-state index in [0.717, 1.165) is 6.42 Å². The van der Waals surface area contributed by atoms with Gasteiger partial charge in [-0.05, 0) is 26.3 Å². The van der Waals surface area contributed by atoms with Crippen molar-refractivity contribution in [3.63, 3.8) is 0 Å². The second-order valence-corrected chi connectivity index (χ2v) is 6.85. The van der Waals surface area contributed by atoms with Gasteiger partial charge in [0.2, 0.25) is 0 Å². The molecule has 0 amide bonds. The molecule has 0 spiro atoms. The van der Waals surface area contributed by atoms with Crippen molar-refractivity contribution in [3.8, 4) is 0 Å². The van der Waals surface area contributed by atoms with E-state index in [2.05, 4.69) is 22.4 Å². The average Bonchev–Trinajstić information content (AvgIpc) is 2.86. The molecule has 18 heavy (non-hydrogen) atoms. The minimum atomic E-state index is -3.46. The van der Waals surface area contributed by atoms with Crippen LogP contribution < -0.4 is 5.32 Å². The van der Waals surface area contributed by atoms with Crippen LogP contribution >= 0.6 is 0 Å². The summed E-state index contributed by atoms with van der Waals surface area (Å²) < 4.78 is 26.7. The summed E-state index contributed by atoms with van der Waals surface area (Å²) in [7, 11) is -1.67. The highest BCUT2D eigenvalue weighted by molar-refractivity contribution is 7.89. The molecule has 1 fully saturated rings. The Bertz CT molecular complexity index is 511. The van der Waals surface area contributed by atoms with Crippen molar-refractivity contribution in [2.24, 2.45) is 5.92 Å². The molecule has 0 saturated carbocycles. The lowest BCUT2D eigenvalue weighted by atomic mass is 10.1. The van der Waals surface area contributed by atoms with E-state index in [9.17, 15) is 8.42 Å². The fraction of sp³-hybridized carbons (Fsp3) is 0.727. The van der Waals surface area contributed by atoms with E-state index in [1.54, 1.807) is 17.5 Å². The Morgan fingerprint density at radius 1 is 1.56 bits per heavy atom. The fourth-order valence-corrected chi connectivity index (χ4v) is 4.42. The van der Waals surface area contributed by atoms with Crippen LogP contribution in [-0.2, 0) is 16.6 Å². The number of sulfonamides is 1. The van der Waals surface area contributed by atoms with E-state index in [1.807, 2.05) is 6.92 Å². The van der Waals surface area contributed by atoms with Gasteiger partial charge >= 0.3 is 0 Å². The first kappa shape index (κ1) is 13.5. The van der Waals surface area contributed by atoms with Crippen molar-refractivity contribution in [2.75, 3.05) is 13.6 Å². The van der Waals surface area contributed by atoms with Crippen LogP contribution in [0.2, 0.25) is 0 Å². The van der Waals surface area contributed by atoms with Crippen LogP contribution in [0.15, 0.2) is 11.2 Å². The van der Waals surface area contributed by atoms with E-state index < -0.39 is 10.0 Å². The van der Waals surface area contributed by atoms with Gasteiger partial charge in [0, 0.05) is 24.7 Å². The van der Waals surface area contributed by atoms with Crippen molar-refractivity contribution in [2.45, 2.75) is 37.9 Å². The number of rotatable bonds is 4. The van der Waals surface area contributed by atoms with Gasteiger partial charge in [0.15, 0.2) is 5.03 Å². The summed E-state index contributed by atoms with van der Waals surface area (Å²) in [5, 5.41) is 9.65. The Morgan fingerprint density at radius 2 is 2.28 bits per heavy atom. The number of aromatic nitrogens is 2. The number of H-pyrrole nitrogens is 1. The summed E-state index contributed by atoms with van der Waals surface area (Å²) in [5.74, 6) is 0.408. The maximum atomic E-state index is 12.6. The quantitative estimate of drug-likeness (QED) is 0.839. The normalized spacial score (nSPS) is 25.7. The predicted molar refractivity (Wildman–Crippen MR) is 68.5 cm³/mol. The lowest BCUT2D eigenvalue weighted by Gasteiger charge is -2.20. The maximum Gasteiger partial charge on any atom is 0.260 e. The Morgan fingerprint density at radius 3 is 2.83 bits per heavy atom. The molecule has 0 radical (unpaired) electrons. The Kier molecular flexibility index (Phi) is 3.74. The van der Waals surface area contributed by atoms with Crippen LogP contribution in [0, 0.1) is 5.92 Å². The first-order chi connectivity index (χ1) is 8.46. The zero-order valence-corrected chi connectivity index (χ0v) is 11.8. The molecule has 7 heteroatoms. The van der Waals surface area contributed by atoms with Gasteiger partial charge in [0.25, 0.3) is 10.0 Å². The van der Waals surface area contributed by atoms with Crippen LogP contribution in [-0.4, -0.2) is 42.6 Å². The molecule has 2 atom stereocenters. The van der Waals surface area contributed by atoms with Crippen LogP contribution in [0.1, 0.15) is 25.8 Å². The smallest absolute Gasteiger partial charge is 0.260 e. The highest BCUT2D eigenvalue weighted by atomic mass is 32.2. The Labute approximate surface area is 108 Å². The minimum Gasteiger partial charge on any atom is -0.316 e. The third kappa shape index (κ3) is 2.30. The maximum absolute atomic E-state index is 12.6. The average molecular weight is 272 g/mol. The lowest BCUT2D eigenvalue weighted by molar-refractivity contribution is 0.403. The van der Waals surface area contributed by atoms with Crippen molar-refractivity contribution >= 4 is 10.0 Å². The van der Waals surface area contributed by atoms with E-state index in [-0.39, 0.29) is 11.1 Å². The SMILES string of the molecule is CNCc1cn[nH]c1S(=O)(=O)N1CC(C)CC1C. The summed E-state index contributed by atoms with van der Waals surface area (Å²) in [6.45, 7) is 5.10. The number of aromatic amines is 1. The molecule has 0 bridgehead atoms. The molecular formula is C11H20N4O2S. The molecule has 1 aromatic heterocycles. The first-order valence-electron chi connectivity index (χ1n) is 6.15. The van der Waals surface area contributed by atoms with Crippen molar-refractivity contribution in [3.05, 3.63) is 11.8 Å². The van der Waals surface area contributed by atoms with Crippen LogP contribution in [0.4, 0.5) is 0 Å². The van der Waals surface area contributed by atoms with Gasteiger partial charge in [-0.2, -0.15) is 9.40 Å². The predicted octanol–water partition coefficient (Wildman–Crippen LogP) is 0.548. The molecule has 0 aliphatic carbocycles. The summed E-state index contributed by atoms with van der Waals surface area (Å²) in [4.78, 5) is 0. The fourth-order valence-electron chi connectivity index (χ4n) is 2.55. The molecule has 2 rings (SSSR count). The highest BCUT2D eigenvalue weighted by Crippen LogP contribution is 2.29. The van der Waals surface area contributed by atoms with Gasteiger partial charge in [0.05, 0.1) is 6.20 Å². The summed E-state index contributed by atoms with van der Waals surface area (Å²) in [6, 6.07) is 0.0516. The van der Waals surface area contributed by atoms with Crippen molar-refractivity contribution in [1.82, 2.24) is 19.8 Å². The number of nitrogens with zero attached hydrogens (tertiary/aromatic N) is 2. The van der Waals surface area contributed by atoms with E-state index in [1.165, 1.54) is 0 Å². The number of hydrogen-bond acceptors (Lipinski definition) is 4. The van der Waals surface area contributed by atoms with Crippen LogP contribution in [0.5, 0.6) is 0 Å². The van der Waals surface area contributed by atoms with E-state index in [0.29, 0.717) is 24.6 Å². The number of hydrogen-bond donors (Lipinski definition) is 2. The largest absolute Gasteiger partial charge is 0.316 e. The summed E-state index contributed by atoms with van der Waals surface area (Å²) in [5.41, 5.74) is 0.684. The Hall–Kier alpha value is -0.920. The molecule has 2 unspecified atom stereocenters. The van der Waals surface area contributed by atoms with Crippen molar-refractivity contribution in [1.29, 1.82) is 0 Å². The Balaban J connectivity index is 2.33. The number of nitrogens with one attached hydrogen (secondary N) is 2. The monoisotopic (exact) mass is 272 g/mol. The molecule has 1 aliphatic heterocycles. The molecule has 1 aromatic rings. The third-order valence-corrected chi connectivity index (χ3v) is 5.33. The topological polar surface area (TPSA) is 78.1 Å². The van der Waals surface area contributed by atoms with E-state index in [4.69, 9.17) is 0 Å². The van der Waals surface area contributed by atoms with Crippen LogP contribution in [0.3, 0.4) is 0 Å². The van der Waals surface area contributed by atoms with Gasteiger partial charge in [-0.15, -0.1) is 0 Å². The molecule has 1 aliphatic rings. The zero-order chi connectivity index (χ0) is 13.3. The van der Waals surface area contributed by atoms with Gasteiger partial charge in [-0.25, -0.2) is 8.42 Å². The van der Waals surface area contributed by atoms with Gasteiger partial charge in [0.1, 0.15) is 0 Å². The van der Waals surface area contributed by atoms with Crippen LogP contribution in [0.25, 0.3) is 0 Å². The van der Waals surface area contributed by atoms with Gasteiger partial charge in [-0.3, -0.25) is 5.10 Å². The highest BCUT2D eigenvalue weighted by Gasteiger charge is 2.37. The summed E-state index contributed by atoms with van der Waals surface area (Å²) in [6.07, 6.45) is 2.47. The molecule has 1 saturated heterocycles. The molecule has 2 heterocycles.